The Morgan fingerprint density at radius 2 is 1.33 bits per heavy atom. The Balaban J connectivity index is 0. The second-order valence-corrected chi connectivity index (χ2v) is 0.250. The summed E-state index contributed by atoms with van der Waals surface area (Å²) in [5.74, 6) is 0. The van der Waals surface area contributed by atoms with E-state index < -0.39 is 6.16 Å². The molecule has 0 fully saturated rings. The first-order valence-electron chi connectivity index (χ1n) is 0.816. The Kier molecular flexibility index (Phi) is 13.8. The van der Waals surface area contributed by atoms with E-state index in [1.807, 2.05) is 0 Å². The Labute approximate surface area is 49.1 Å². The van der Waals surface area contributed by atoms with Crippen molar-refractivity contribution in [2.45, 2.75) is 0 Å². The van der Waals surface area contributed by atoms with Gasteiger partial charge in [-0.25, -0.2) is 0 Å². The molecule has 0 amide bonds. The third kappa shape index (κ3) is 15700. The van der Waals surface area contributed by atoms with Gasteiger partial charge in [0.25, 0.3) is 0 Å². The SMILES string of the molecule is O=C([O-])[O-].[O]=[BiH+2]. The van der Waals surface area contributed by atoms with Crippen molar-refractivity contribution in [3.05, 3.63) is 0 Å². The normalized spacial score (nSPS) is 4.50. The van der Waals surface area contributed by atoms with Gasteiger partial charge in [0.2, 0.25) is 0 Å². The molecule has 0 bridgehead atoms. The molecule has 6 heavy (non-hydrogen) atoms. The van der Waals surface area contributed by atoms with Gasteiger partial charge in [-0.2, -0.15) is 0 Å². The zero-order chi connectivity index (χ0) is 5.58. The molecule has 0 aromatic rings. The fourth-order valence-corrected chi connectivity index (χ4v) is 0. The van der Waals surface area contributed by atoms with Gasteiger partial charge in [0.1, 0.15) is 0 Å². The van der Waals surface area contributed by atoms with Gasteiger partial charge in [-0.3, -0.25) is 0 Å². The topological polar surface area (TPSA) is 80.3 Å². The van der Waals surface area contributed by atoms with E-state index in [1.54, 1.807) is 0 Å². The summed E-state index contributed by atoms with van der Waals surface area (Å²) in [7, 11) is 0. The van der Waals surface area contributed by atoms with Gasteiger partial charge >= 0.3 is 27.5 Å². The third-order valence-corrected chi connectivity index (χ3v) is 0. The van der Waals surface area contributed by atoms with E-state index in [9.17, 15) is 0 Å². The molecule has 0 atom stereocenters. The van der Waals surface area contributed by atoms with Crippen molar-refractivity contribution in [3.63, 3.8) is 0 Å². The summed E-state index contributed by atoms with van der Waals surface area (Å²) in [4.78, 5) is 8.33. The van der Waals surface area contributed by atoms with Gasteiger partial charge < -0.3 is 15.0 Å². The Hall–Kier alpha value is -0.0469. The molecule has 0 saturated heterocycles. The van der Waals surface area contributed by atoms with E-state index in [-0.39, 0.29) is 24.7 Å². The quantitative estimate of drug-likeness (QED) is 0.439. The zero-order valence-corrected chi connectivity index (χ0v) is 6.52. The van der Waals surface area contributed by atoms with Crippen LogP contribution in [-0.2, 0) is 2.81 Å². The number of rotatable bonds is 0. The van der Waals surface area contributed by atoms with Crippen LogP contribution >= 0.6 is 0 Å². The van der Waals surface area contributed by atoms with E-state index in [2.05, 4.69) is 0 Å². The van der Waals surface area contributed by atoms with E-state index in [1.165, 1.54) is 0 Å². The van der Waals surface area contributed by atoms with Crippen molar-refractivity contribution in [3.8, 4) is 0 Å². The minimum absolute atomic E-state index is 0.0556. The summed E-state index contributed by atoms with van der Waals surface area (Å²) >= 11 is 0.0556. The predicted octanol–water partition coefficient (Wildman–Crippen LogP) is -3.21. The molecule has 0 saturated carbocycles. The molecular weight excluding hydrogens is 285 g/mol. The van der Waals surface area contributed by atoms with E-state index >= 15 is 0 Å². The minimum atomic E-state index is -2.33. The van der Waals surface area contributed by atoms with Gasteiger partial charge in [0, 0.05) is 0 Å². The molecule has 0 radical (unpaired) electrons. The maximum absolute atomic E-state index is 8.39. The van der Waals surface area contributed by atoms with E-state index in [0.717, 1.165) is 0 Å². The average Bonchev–Trinajstić information content (AvgIpc) is 1.41. The maximum atomic E-state index is 8.39. The first-order chi connectivity index (χ1) is 2.73. The van der Waals surface area contributed by atoms with Crippen LogP contribution in [0.1, 0.15) is 0 Å². The molecule has 5 heteroatoms. The fraction of sp³-hybridized carbons (Fsp3) is 0. The summed E-state index contributed by atoms with van der Waals surface area (Å²) in [5.41, 5.74) is 0. The van der Waals surface area contributed by atoms with Crippen LogP contribution in [0.4, 0.5) is 4.79 Å². The predicted molar refractivity (Wildman–Crippen MR) is 13.2 cm³/mol. The van der Waals surface area contributed by atoms with Crippen molar-refractivity contribution in [1.82, 2.24) is 0 Å². The standard InChI is InChI=1S/CH2O3.Bi.O.H/c2-1(3)4;;;/h(H2,2,3,4);;;/q;+2;;/p-2. The molecular formula is CHBiO4. The van der Waals surface area contributed by atoms with Crippen molar-refractivity contribution in [2.75, 3.05) is 0 Å². The van der Waals surface area contributed by atoms with Crippen molar-refractivity contribution in [2.24, 2.45) is 0 Å². The average molecular weight is 286 g/mol. The molecule has 0 rings (SSSR count). The first-order valence-corrected chi connectivity index (χ1v) is 2.40. The van der Waals surface area contributed by atoms with Gasteiger partial charge in [0.05, 0.1) is 0 Å². The summed E-state index contributed by atoms with van der Waals surface area (Å²) in [6.45, 7) is 0. The molecule has 0 aromatic heterocycles. The molecule has 0 heterocycles. The van der Waals surface area contributed by atoms with Crippen LogP contribution in [0, 0.1) is 0 Å². The van der Waals surface area contributed by atoms with Crippen molar-refractivity contribution >= 4 is 30.9 Å². The number of carboxylic acid groups (broad SMARTS) is 2. The molecule has 34 valence electrons. The van der Waals surface area contributed by atoms with E-state index in [4.69, 9.17) is 17.8 Å². The molecule has 4 nitrogen and oxygen atoms in total. The van der Waals surface area contributed by atoms with E-state index in [0.29, 0.717) is 0 Å². The number of carbonyl (C=O) groups is 1. The second kappa shape index (κ2) is 8.88. The summed E-state index contributed by atoms with van der Waals surface area (Å²) < 4.78 is 8.39. The monoisotopic (exact) mass is 286 g/mol. The molecule has 0 aliphatic rings. The molecule has 0 spiro atoms. The Morgan fingerprint density at radius 1 is 1.33 bits per heavy atom. The first kappa shape index (κ1) is 9.35. The van der Waals surface area contributed by atoms with Crippen LogP contribution < -0.4 is 10.2 Å². The van der Waals surface area contributed by atoms with Crippen LogP contribution in [0.3, 0.4) is 0 Å². The Bertz CT molecular complexity index is 38.8. The van der Waals surface area contributed by atoms with Gasteiger partial charge in [-0.05, 0) is 6.16 Å². The summed E-state index contributed by atoms with van der Waals surface area (Å²) in [6, 6.07) is 0. The molecule has 0 N–H and O–H groups in total. The van der Waals surface area contributed by atoms with Crippen LogP contribution in [0.2, 0.25) is 0 Å². The number of carbonyl (C=O) groups excluding carboxylic acids is 1. The molecule has 0 aliphatic carbocycles. The zero-order valence-electron chi connectivity index (χ0n) is 2.63. The van der Waals surface area contributed by atoms with Crippen LogP contribution in [-0.4, -0.2) is 30.9 Å². The molecule has 0 aliphatic heterocycles. The van der Waals surface area contributed by atoms with Crippen molar-refractivity contribution < 1.29 is 17.8 Å². The number of hydrogen-bond donors (Lipinski definition) is 0. The Morgan fingerprint density at radius 3 is 1.33 bits per heavy atom. The van der Waals surface area contributed by atoms with Crippen LogP contribution in [0.25, 0.3) is 0 Å². The van der Waals surface area contributed by atoms with Gasteiger partial charge in [-0.15, -0.1) is 0 Å². The second-order valence-electron chi connectivity index (χ2n) is 0.250. The molecule has 0 aromatic carbocycles. The third-order valence-electron chi connectivity index (χ3n) is 0. The summed E-state index contributed by atoms with van der Waals surface area (Å²) in [5, 5.41) is 16.7. The van der Waals surface area contributed by atoms with Gasteiger partial charge in [-0.1, -0.05) is 0 Å². The number of hydrogen-bond acceptors (Lipinski definition) is 4. The van der Waals surface area contributed by atoms with Crippen LogP contribution in [0.5, 0.6) is 0 Å². The summed E-state index contributed by atoms with van der Waals surface area (Å²) in [6.07, 6.45) is -2.33. The van der Waals surface area contributed by atoms with Gasteiger partial charge in [0.15, 0.2) is 0 Å². The van der Waals surface area contributed by atoms with Crippen molar-refractivity contribution in [1.29, 1.82) is 0 Å². The molecule has 0 unspecified atom stereocenters. The fourth-order valence-electron chi connectivity index (χ4n) is 0. The van der Waals surface area contributed by atoms with Crippen LogP contribution in [0.15, 0.2) is 0 Å².